The number of sulfonamides is 1. The lowest BCUT2D eigenvalue weighted by Gasteiger charge is -2.25. The molecule has 0 saturated carbocycles. The van der Waals surface area contributed by atoms with E-state index in [0.29, 0.717) is 12.4 Å². The smallest absolute Gasteiger partial charge is 0.238 e. The van der Waals surface area contributed by atoms with Gasteiger partial charge in [-0.15, -0.1) is 0 Å². The fourth-order valence-corrected chi connectivity index (χ4v) is 3.34. The van der Waals surface area contributed by atoms with Crippen LogP contribution in [0.5, 0.6) is 5.75 Å². The molecule has 0 aromatic heterocycles. The summed E-state index contributed by atoms with van der Waals surface area (Å²) >= 11 is 1.98. The molecule has 0 amide bonds. The van der Waals surface area contributed by atoms with E-state index >= 15 is 0 Å². The maximum atomic E-state index is 11.1. The first-order valence-electron chi connectivity index (χ1n) is 6.11. The van der Waals surface area contributed by atoms with Gasteiger partial charge in [0.1, 0.15) is 12.4 Å². The van der Waals surface area contributed by atoms with E-state index in [4.69, 9.17) is 9.88 Å². The van der Waals surface area contributed by atoms with Crippen molar-refractivity contribution in [3.63, 3.8) is 0 Å². The zero-order valence-corrected chi connectivity index (χ0v) is 12.3. The fraction of sp³-hybridized carbons (Fsp3) is 0.500. The highest BCUT2D eigenvalue weighted by atomic mass is 32.2. The van der Waals surface area contributed by atoms with Gasteiger partial charge in [-0.25, -0.2) is 13.6 Å². The van der Waals surface area contributed by atoms with Crippen LogP contribution in [0, 0.1) is 0 Å². The second-order valence-electron chi connectivity index (χ2n) is 4.32. The molecular formula is C12H18N2O3S2. The van der Waals surface area contributed by atoms with E-state index in [1.165, 1.54) is 23.6 Å². The van der Waals surface area contributed by atoms with Gasteiger partial charge < -0.3 is 4.74 Å². The van der Waals surface area contributed by atoms with E-state index in [2.05, 4.69) is 4.90 Å². The van der Waals surface area contributed by atoms with Crippen LogP contribution in [0.15, 0.2) is 29.2 Å². The van der Waals surface area contributed by atoms with Crippen molar-refractivity contribution >= 4 is 21.8 Å². The minimum atomic E-state index is -3.62. The van der Waals surface area contributed by atoms with Gasteiger partial charge in [0.2, 0.25) is 10.0 Å². The van der Waals surface area contributed by atoms with Crippen LogP contribution in [0.25, 0.3) is 0 Å². The Morgan fingerprint density at radius 3 is 2.42 bits per heavy atom. The van der Waals surface area contributed by atoms with Crippen LogP contribution in [-0.4, -0.2) is 51.1 Å². The monoisotopic (exact) mass is 302 g/mol. The lowest BCUT2D eigenvalue weighted by atomic mass is 10.3. The average Bonchev–Trinajstić information content (AvgIpc) is 2.39. The van der Waals surface area contributed by atoms with Gasteiger partial charge in [0, 0.05) is 31.1 Å². The molecule has 1 aliphatic heterocycles. The zero-order chi connectivity index (χ0) is 13.7. The van der Waals surface area contributed by atoms with E-state index in [1.54, 1.807) is 12.1 Å². The summed E-state index contributed by atoms with van der Waals surface area (Å²) in [5.74, 6) is 3.03. The normalized spacial score (nSPS) is 17.3. The summed E-state index contributed by atoms with van der Waals surface area (Å²) in [5, 5.41) is 5.03. The van der Waals surface area contributed by atoms with Crippen molar-refractivity contribution < 1.29 is 13.2 Å². The van der Waals surface area contributed by atoms with Gasteiger partial charge in [-0.1, -0.05) is 0 Å². The van der Waals surface area contributed by atoms with E-state index in [1.807, 2.05) is 11.8 Å². The molecule has 106 valence electrons. The van der Waals surface area contributed by atoms with E-state index in [9.17, 15) is 8.42 Å². The standard InChI is InChI=1S/C12H18N2O3S2/c13-19(15,16)12-3-1-11(2-4-12)17-8-5-14-6-9-18-10-7-14/h1-4H,5-10H2,(H2,13,15,16). The predicted molar refractivity (Wildman–Crippen MR) is 77.1 cm³/mol. The van der Waals surface area contributed by atoms with E-state index < -0.39 is 10.0 Å². The Morgan fingerprint density at radius 2 is 1.84 bits per heavy atom. The van der Waals surface area contributed by atoms with Crippen LogP contribution in [0.4, 0.5) is 0 Å². The first-order chi connectivity index (χ1) is 9.05. The lowest BCUT2D eigenvalue weighted by Crippen LogP contribution is -2.35. The molecule has 1 aromatic carbocycles. The molecule has 1 fully saturated rings. The molecule has 0 atom stereocenters. The summed E-state index contributed by atoms with van der Waals surface area (Å²) in [5.41, 5.74) is 0. The van der Waals surface area contributed by atoms with Gasteiger partial charge >= 0.3 is 0 Å². The van der Waals surface area contributed by atoms with Crippen molar-refractivity contribution in [3.05, 3.63) is 24.3 Å². The summed E-state index contributed by atoms with van der Waals surface area (Å²) in [6.07, 6.45) is 0. The highest BCUT2D eigenvalue weighted by molar-refractivity contribution is 7.99. The molecule has 2 rings (SSSR count). The molecule has 7 heteroatoms. The fourth-order valence-electron chi connectivity index (χ4n) is 1.84. The molecule has 0 radical (unpaired) electrons. The number of primary sulfonamides is 1. The minimum absolute atomic E-state index is 0.105. The third-order valence-electron chi connectivity index (χ3n) is 2.93. The summed E-state index contributed by atoms with van der Waals surface area (Å²) in [6.45, 7) is 3.73. The number of hydrogen-bond donors (Lipinski definition) is 1. The number of hydrogen-bond acceptors (Lipinski definition) is 5. The SMILES string of the molecule is NS(=O)(=O)c1ccc(OCCN2CCSCC2)cc1. The van der Waals surface area contributed by atoms with Crippen LogP contribution < -0.4 is 9.88 Å². The highest BCUT2D eigenvalue weighted by Gasteiger charge is 2.10. The number of nitrogens with zero attached hydrogens (tertiary/aromatic N) is 1. The Labute approximate surface area is 118 Å². The van der Waals surface area contributed by atoms with Crippen molar-refractivity contribution in [1.29, 1.82) is 0 Å². The van der Waals surface area contributed by atoms with Gasteiger partial charge in [0.05, 0.1) is 4.90 Å². The average molecular weight is 302 g/mol. The maximum absolute atomic E-state index is 11.1. The summed E-state index contributed by atoms with van der Waals surface area (Å²) in [4.78, 5) is 2.47. The van der Waals surface area contributed by atoms with Crippen LogP contribution in [-0.2, 0) is 10.0 Å². The van der Waals surface area contributed by atoms with Crippen molar-refractivity contribution in [2.24, 2.45) is 5.14 Å². The molecule has 0 unspecified atom stereocenters. The maximum Gasteiger partial charge on any atom is 0.238 e. The molecule has 0 bridgehead atoms. The van der Waals surface area contributed by atoms with Gasteiger partial charge in [0.25, 0.3) is 0 Å². The Hall–Kier alpha value is -0.760. The Morgan fingerprint density at radius 1 is 1.21 bits per heavy atom. The molecule has 1 heterocycles. The third kappa shape index (κ3) is 4.68. The number of rotatable bonds is 5. The van der Waals surface area contributed by atoms with Crippen molar-refractivity contribution in [2.75, 3.05) is 37.7 Å². The molecule has 0 spiro atoms. The first-order valence-corrected chi connectivity index (χ1v) is 8.81. The highest BCUT2D eigenvalue weighted by Crippen LogP contribution is 2.15. The van der Waals surface area contributed by atoms with Crippen LogP contribution in [0.1, 0.15) is 0 Å². The van der Waals surface area contributed by atoms with Gasteiger partial charge in [-0.3, -0.25) is 4.90 Å². The van der Waals surface area contributed by atoms with Crippen molar-refractivity contribution in [2.45, 2.75) is 4.90 Å². The minimum Gasteiger partial charge on any atom is -0.492 e. The number of benzene rings is 1. The molecule has 19 heavy (non-hydrogen) atoms. The number of nitrogens with two attached hydrogens (primary N) is 1. The van der Waals surface area contributed by atoms with Gasteiger partial charge in [0.15, 0.2) is 0 Å². The Bertz CT molecular complexity index is 496. The third-order valence-corrected chi connectivity index (χ3v) is 4.80. The Balaban J connectivity index is 1.80. The molecule has 2 N–H and O–H groups in total. The summed E-state index contributed by atoms with van der Waals surface area (Å²) in [6, 6.07) is 6.18. The van der Waals surface area contributed by atoms with E-state index in [0.717, 1.165) is 19.6 Å². The summed E-state index contributed by atoms with van der Waals surface area (Å²) in [7, 11) is -3.62. The molecule has 1 aromatic rings. The second kappa shape index (κ2) is 6.60. The van der Waals surface area contributed by atoms with Crippen LogP contribution in [0.3, 0.4) is 0 Å². The largest absolute Gasteiger partial charge is 0.492 e. The Kier molecular flexibility index (Phi) is 5.09. The second-order valence-corrected chi connectivity index (χ2v) is 7.11. The summed E-state index contributed by atoms with van der Waals surface area (Å²) < 4.78 is 27.8. The molecular weight excluding hydrogens is 284 g/mol. The molecule has 0 aliphatic carbocycles. The van der Waals surface area contributed by atoms with Crippen LogP contribution in [0.2, 0.25) is 0 Å². The topological polar surface area (TPSA) is 72.6 Å². The molecule has 1 aliphatic rings. The first kappa shape index (κ1) is 14.6. The van der Waals surface area contributed by atoms with Crippen molar-refractivity contribution in [3.8, 4) is 5.75 Å². The molecule has 1 saturated heterocycles. The van der Waals surface area contributed by atoms with Gasteiger partial charge in [-0.2, -0.15) is 11.8 Å². The van der Waals surface area contributed by atoms with Crippen molar-refractivity contribution in [1.82, 2.24) is 4.90 Å². The van der Waals surface area contributed by atoms with E-state index in [-0.39, 0.29) is 4.90 Å². The number of thioether (sulfide) groups is 1. The predicted octanol–water partition coefficient (Wildman–Crippen LogP) is 0.762. The molecule has 5 nitrogen and oxygen atoms in total. The quantitative estimate of drug-likeness (QED) is 0.869. The zero-order valence-electron chi connectivity index (χ0n) is 10.6. The van der Waals surface area contributed by atoms with Crippen LogP contribution >= 0.6 is 11.8 Å². The lowest BCUT2D eigenvalue weighted by molar-refractivity contribution is 0.222. The van der Waals surface area contributed by atoms with Gasteiger partial charge in [-0.05, 0) is 24.3 Å². The number of ether oxygens (including phenoxy) is 1.